The topological polar surface area (TPSA) is 112 Å². The molecule has 0 spiro atoms. The molecule has 4 rings (SSSR count). The molecule has 1 aliphatic rings. The summed E-state index contributed by atoms with van der Waals surface area (Å²) in [5.74, 6) is -0.960. The normalized spacial score (nSPS) is 18.2. The predicted molar refractivity (Wildman–Crippen MR) is 102 cm³/mol. The Balaban J connectivity index is 1.74. The van der Waals surface area contributed by atoms with Crippen molar-refractivity contribution in [3.8, 4) is 0 Å². The molecule has 3 aromatic rings. The first-order valence-electron chi connectivity index (χ1n) is 9.01. The molecule has 3 N–H and O–H groups in total. The van der Waals surface area contributed by atoms with Crippen LogP contribution in [-0.2, 0) is 23.3 Å². The molecule has 1 aliphatic carbocycles. The van der Waals surface area contributed by atoms with E-state index in [2.05, 4.69) is 21.5 Å². The number of carbonyl (C=O) groups excluding carboxylic acids is 2. The first kappa shape index (κ1) is 18.1. The van der Waals surface area contributed by atoms with Gasteiger partial charge in [0.15, 0.2) is 5.65 Å². The number of ether oxygens (including phenoxy) is 1. The second kappa shape index (κ2) is 6.72. The van der Waals surface area contributed by atoms with Crippen LogP contribution in [-0.4, -0.2) is 33.5 Å². The Morgan fingerprint density at radius 2 is 2.11 bits per heavy atom. The Hall–Kier alpha value is -3.26. The lowest BCUT2D eigenvalue weighted by Gasteiger charge is -2.27. The summed E-state index contributed by atoms with van der Waals surface area (Å²) in [7, 11) is 1.49. The van der Waals surface area contributed by atoms with E-state index in [0.717, 1.165) is 18.4 Å². The Morgan fingerprint density at radius 3 is 2.86 bits per heavy atom. The molecule has 2 amide bonds. The van der Waals surface area contributed by atoms with Gasteiger partial charge in [-0.25, -0.2) is 9.50 Å². The summed E-state index contributed by atoms with van der Waals surface area (Å²) in [4.78, 5) is 29.2. The van der Waals surface area contributed by atoms with Gasteiger partial charge in [0, 0.05) is 13.3 Å². The highest BCUT2D eigenvalue weighted by Crippen LogP contribution is 2.36. The minimum atomic E-state index is -0.663. The van der Waals surface area contributed by atoms with Crippen molar-refractivity contribution in [1.82, 2.24) is 19.9 Å². The van der Waals surface area contributed by atoms with E-state index < -0.39 is 11.4 Å². The Labute approximate surface area is 161 Å². The second-order valence-electron chi connectivity index (χ2n) is 7.13. The van der Waals surface area contributed by atoms with Crippen LogP contribution < -0.4 is 11.1 Å². The van der Waals surface area contributed by atoms with Crippen LogP contribution in [0.5, 0.6) is 0 Å². The zero-order chi connectivity index (χ0) is 19.9. The fourth-order valence-electron chi connectivity index (χ4n) is 3.89. The number of aromatic nitrogens is 3. The number of methoxy groups -OCH3 is 1. The van der Waals surface area contributed by atoms with E-state index in [1.807, 2.05) is 25.1 Å². The first-order chi connectivity index (χ1) is 13.4. The zero-order valence-corrected chi connectivity index (χ0v) is 15.7. The van der Waals surface area contributed by atoms with E-state index in [0.29, 0.717) is 5.69 Å². The Morgan fingerprint density at radius 1 is 1.32 bits per heavy atom. The summed E-state index contributed by atoms with van der Waals surface area (Å²) in [6.45, 7) is 2.11. The molecule has 8 heteroatoms. The molecule has 2 heterocycles. The second-order valence-corrected chi connectivity index (χ2v) is 7.13. The molecule has 144 valence electrons. The smallest absolute Gasteiger partial charge is 0.270 e. The lowest BCUT2D eigenvalue weighted by atomic mass is 9.94. The van der Waals surface area contributed by atoms with Crippen LogP contribution in [0.3, 0.4) is 0 Å². The van der Waals surface area contributed by atoms with Crippen LogP contribution in [0.25, 0.3) is 5.65 Å². The quantitative estimate of drug-likeness (QED) is 0.699. The molecule has 0 aliphatic heterocycles. The minimum absolute atomic E-state index is 0.0911. The van der Waals surface area contributed by atoms with E-state index >= 15 is 0 Å². The average Bonchev–Trinajstić information content (AvgIpc) is 3.20. The van der Waals surface area contributed by atoms with E-state index in [-0.39, 0.29) is 29.4 Å². The predicted octanol–water partition coefficient (Wildman–Crippen LogP) is 1.57. The molecule has 0 radical (unpaired) electrons. The number of nitrogens with zero attached hydrogens (tertiary/aromatic N) is 3. The van der Waals surface area contributed by atoms with Crippen molar-refractivity contribution in [2.75, 3.05) is 7.11 Å². The van der Waals surface area contributed by atoms with Crippen molar-refractivity contribution in [2.45, 2.75) is 31.9 Å². The largest absolute Gasteiger partial charge is 0.378 e. The van der Waals surface area contributed by atoms with Crippen molar-refractivity contribution >= 4 is 17.5 Å². The number of nitrogens with two attached hydrogens (primary N) is 1. The van der Waals surface area contributed by atoms with Crippen LogP contribution in [0, 0.1) is 0 Å². The van der Waals surface area contributed by atoms with Crippen molar-refractivity contribution in [3.05, 3.63) is 64.6 Å². The van der Waals surface area contributed by atoms with Gasteiger partial charge in [0.2, 0.25) is 0 Å². The van der Waals surface area contributed by atoms with Gasteiger partial charge in [0.1, 0.15) is 17.0 Å². The minimum Gasteiger partial charge on any atom is -0.378 e. The average molecular weight is 379 g/mol. The van der Waals surface area contributed by atoms with Crippen LogP contribution in [0.2, 0.25) is 0 Å². The molecule has 0 saturated carbocycles. The maximum absolute atomic E-state index is 13.1. The standard InChI is InChI=1S/C20H21N5O3/c1-20(9-7-12-5-3-4-6-13(12)20)23-19(27)15-8-10-22-18-16(17(21)26)14(11-28-2)24-25(15)18/h3-6,8,10H,7,9,11H2,1-2H3,(H2,21,26)(H,23,27). The van der Waals surface area contributed by atoms with Crippen molar-refractivity contribution in [3.63, 3.8) is 0 Å². The van der Waals surface area contributed by atoms with Crippen LogP contribution in [0.4, 0.5) is 0 Å². The summed E-state index contributed by atoms with van der Waals surface area (Å²) in [5, 5.41) is 7.49. The number of carbonyl (C=O) groups is 2. The molecule has 1 unspecified atom stereocenters. The van der Waals surface area contributed by atoms with Gasteiger partial charge in [-0.3, -0.25) is 9.59 Å². The monoisotopic (exact) mass is 379 g/mol. The van der Waals surface area contributed by atoms with Crippen LogP contribution in [0.1, 0.15) is 51.0 Å². The van der Waals surface area contributed by atoms with Gasteiger partial charge in [-0.2, -0.15) is 5.10 Å². The van der Waals surface area contributed by atoms with Crippen molar-refractivity contribution in [2.24, 2.45) is 5.73 Å². The van der Waals surface area contributed by atoms with Gasteiger partial charge in [-0.1, -0.05) is 24.3 Å². The highest BCUT2D eigenvalue weighted by Gasteiger charge is 2.36. The molecule has 0 bridgehead atoms. The molecular weight excluding hydrogens is 358 g/mol. The molecule has 0 fully saturated rings. The number of amides is 2. The molecule has 28 heavy (non-hydrogen) atoms. The summed E-state index contributed by atoms with van der Waals surface area (Å²) >= 11 is 0. The summed E-state index contributed by atoms with van der Waals surface area (Å²) in [6.07, 6.45) is 3.19. The van der Waals surface area contributed by atoms with Gasteiger partial charge in [0.05, 0.1) is 12.1 Å². The fraction of sp³-hybridized carbons (Fsp3) is 0.300. The Bertz CT molecular complexity index is 1090. The number of nitrogens with one attached hydrogen (secondary N) is 1. The van der Waals surface area contributed by atoms with E-state index in [4.69, 9.17) is 10.5 Å². The van der Waals surface area contributed by atoms with Gasteiger partial charge in [-0.05, 0) is 37.0 Å². The van der Waals surface area contributed by atoms with Gasteiger partial charge >= 0.3 is 0 Å². The summed E-state index contributed by atoms with van der Waals surface area (Å²) < 4.78 is 6.45. The van der Waals surface area contributed by atoms with E-state index in [1.165, 1.54) is 23.4 Å². The van der Waals surface area contributed by atoms with E-state index in [1.54, 1.807) is 6.07 Å². The highest BCUT2D eigenvalue weighted by molar-refractivity contribution is 6.01. The summed E-state index contributed by atoms with van der Waals surface area (Å²) in [6, 6.07) is 9.68. The SMILES string of the molecule is COCc1nn2c(C(=O)NC3(C)CCc4ccccc43)ccnc2c1C(N)=O. The third-order valence-electron chi connectivity index (χ3n) is 5.25. The molecular formula is C20H21N5O3. The summed E-state index contributed by atoms with van der Waals surface area (Å²) in [5.41, 5.74) is 8.41. The number of aryl methyl sites for hydroxylation is 1. The van der Waals surface area contributed by atoms with Crippen molar-refractivity contribution < 1.29 is 14.3 Å². The number of fused-ring (bicyclic) bond motifs is 2. The van der Waals surface area contributed by atoms with Crippen LogP contribution in [0.15, 0.2) is 36.5 Å². The third-order valence-corrected chi connectivity index (χ3v) is 5.25. The molecule has 0 saturated heterocycles. The number of hydrogen-bond donors (Lipinski definition) is 2. The third kappa shape index (κ3) is 2.82. The maximum atomic E-state index is 13.1. The number of primary amides is 1. The highest BCUT2D eigenvalue weighted by atomic mass is 16.5. The van der Waals surface area contributed by atoms with Gasteiger partial charge in [-0.15, -0.1) is 0 Å². The van der Waals surface area contributed by atoms with Gasteiger partial charge in [0.25, 0.3) is 11.8 Å². The maximum Gasteiger partial charge on any atom is 0.270 e. The van der Waals surface area contributed by atoms with Gasteiger partial charge < -0.3 is 15.8 Å². The molecule has 1 aromatic carbocycles. The lowest BCUT2D eigenvalue weighted by molar-refractivity contribution is 0.0896. The molecule has 1 atom stereocenters. The molecule has 8 nitrogen and oxygen atoms in total. The number of benzene rings is 1. The molecule has 2 aromatic heterocycles. The Kier molecular flexibility index (Phi) is 4.35. The van der Waals surface area contributed by atoms with Crippen LogP contribution >= 0.6 is 0 Å². The van der Waals surface area contributed by atoms with E-state index in [9.17, 15) is 9.59 Å². The number of rotatable bonds is 5. The fourth-order valence-corrected chi connectivity index (χ4v) is 3.89. The number of hydrogen-bond acceptors (Lipinski definition) is 5. The lowest BCUT2D eigenvalue weighted by Crippen LogP contribution is -2.42. The van der Waals surface area contributed by atoms with Crippen molar-refractivity contribution in [1.29, 1.82) is 0 Å². The first-order valence-corrected chi connectivity index (χ1v) is 9.01. The zero-order valence-electron chi connectivity index (χ0n) is 15.7.